The third-order valence-corrected chi connectivity index (χ3v) is 5.61. The summed E-state index contributed by atoms with van der Waals surface area (Å²) >= 11 is 5.96. The minimum absolute atomic E-state index is 0.108. The Morgan fingerprint density at radius 3 is 2.28 bits per heavy atom. The predicted octanol–water partition coefficient (Wildman–Crippen LogP) is 4.65. The third-order valence-electron chi connectivity index (χ3n) is 4.40. The second-order valence-corrected chi connectivity index (χ2v) is 8.29. The number of hydrogen-bond acceptors (Lipinski definition) is 3. The van der Waals surface area contributed by atoms with Crippen molar-refractivity contribution in [2.75, 3.05) is 0 Å². The lowest BCUT2D eigenvalue weighted by Gasteiger charge is -2.11. The molecule has 1 heterocycles. The minimum atomic E-state index is -4.02. The van der Waals surface area contributed by atoms with Gasteiger partial charge in [-0.05, 0) is 42.5 Å². The van der Waals surface area contributed by atoms with Gasteiger partial charge in [-0.3, -0.25) is 0 Å². The first-order valence-electron chi connectivity index (χ1n) is 8.58. The molecule has 0 unspecified atom stereocenters. The minimum Gasteiger partial charge on any atom is -0.231 e. The normalized spacial score (nSPS) is 11.6. The van der Waals surface area contributed by atoms with Gasteiger partial charge < -0.3 is 0 Å². The van der Waals surface area contributed by atoms with Crippen LogP contribution in [0.2, 0.25) is 5.02 Å². The summed E-state index contributed by atoms with van der Waals surface area (Å²) in [6, 6.07) is 21.1. The molecule has 5 nitrogen and oxygen atoms in total. The highest BCUT2D eigenvalue weighted by Crippen LogP contribution is 2.32. The lowest BCUT2D eigenvalue weighted by Crippen LogP contribution is -2.16. The van der Waals surface area contributed by atoms with E-state index in [2.05, 4.69) is 5.10 Å². The average molecular weight is 428 g/mol. The summed E-state index contributed by atoms with van der Waals surface area (Å²) in [4.78, 5) is -0.108. The molecule has 29 heavy (non-hydrogen) atoms. The number of hydrogen-bond donors (Lipinski definition) is 1. The first kappa shape index (κ1) is 19.3. The van der Waals surface area contributed by atoms with Gasteiger partial charge in [-0.25, -0.2) is 22.6 Å². The van der Waals surface area contributed by atoms with E-state index in [1.165, 1.54) is 16.8 Å². The van der Waals surface area contributed by atoms with Gasteiger partial charge in [0, 0.05) is 16.1 Å². The molecule has 0 saturated heterocycles. The molecule has 0 bridgehead atoms. The molecule has 4 rings (SSSR count). The SMILES string of the molecule is NS(=O)(=O)c1ccccc1-n1nc(-c2ccc(Cl)cc2)cc1-c1ccccc1F. The topological polar surface area (TPSA) is 78.0 Å². The molecule has 0 spiro atoms. The van der Waals surface area contributed by atoms with Crippen molar-refractivity contribution in [1.82, 2.24) is 9.78 Å². The molecule has 146 valence electrons. The lowest BCUT2D eigenvalue weighted by atomic mass is 10.1. The van der Waals surface area contributed by atoms with Crippen LogP contribution in [0, 0.1) is 5.82 Å². The van der Waals surface area contributed by atoms with E-state index in [0.29, 0.717) is 16.4 Å². The molecular weight excluding hydrogens is 413 g/mol. The summed E-state index contributed by atoms with van der Waals surface area (Å²) in [7, 11) is -4.02. The van der Waals surface area contributed by atoms with Crippen molar-refractivity contribution in [3.8, 4) is 28.2 Å². The molecule has 0 saturated carbocycles. The summed E-state index contributed by atoms with van der Waals surface area (Å²) in [5, 5.41) is 10.5. The number of aromatic nitrogens is 2. The number of halogens is 2. The molecule has 0 radical (unpaired) electrons. The fourth-order valence-electron chi connectivity index (χ4n) is 3.06. The van der Waals surface area contributed by atoms with E-state index in [0.717, 1.165) is 5.56 Å². The number of primary sulfonamides is 1. The second-order valence-electron chi connectivity index (χ2n) is 6.33. The van der Waals surface area contributed by atoms with Gasteiger partial charge in [0.15, 0.2) is 0 Å². The molecule has 0 aliphatic rings. The van der Waals surface area contributed by atoms with Gasteiger partial charge >= 0.3 is 0 Å². The van der Waals surface area contributed by atoms with Crippen LogP contribution in [-0.4, -0.2) is 18.2 Å². The Hall–Kier alpha value is -3.00. The van der Waals surface area contributed by atoms with Crippen molar-refractivity contribution in [3.63, 3.8) is 0 Å². The average Bonchev–Trinajstić information content (AvgIpc) is 3.13. The Morgan fingerprint density at radius 2 is 1.59 bits per heavy atom. The Morgan fingerprint density at radius 1 is 0.931 bits per heavy atom. The summed E-state index contributed by atoms with van der Waals surface area (Å²) in [6.07, 6.45) is 0. The predicted molar refractivity (Wildman–Crippen MR) is 111 cm³/mol. The van der Waals surface area contributed by atoms with Gasteiger partial charge in [-0.15, -0.1) is 0 Å². The molecule has 1 aromatic heterocycles. The van der Waals surface area contributed by atoms with Crippen LogP contribution < -0.4 is 5.14 Å². The fourth-order valence-corrected chi connectivity index (χ4v) is 3.90. The smallest absolute Gasteiger partial charge is 0.231 e. The zero-order valence-corrected chi connectivity index (χ0v) is 16.5. The highest BCUT2D eigenvalue weighted by molar-refractivity contribution is 7.89. The standard InChI is InChI=1S/C21H15ClFN3O2S/c22-15-11-9-14(10-12-15)18-13-20(16-5-1-2-6-17(16)23)26(25-18)19-7-3-4-8-21(19)29(24,27)28/h1-13H,(H2,24,27,28). The summed E-state index contributed by atoms with van der Waals surface area (Å²) < 4.78 is 40.2. The molecule has 0 aliphatic heterocycles. The van der Waals surface area contributed by atoms with Gasteiger partial charge in [-0.1, -0.05) is 48.0 Å². The largest absolute Gasteiger partial charge is 0.240 e. The van der Waals surface area contributed by atoms with Crippen molar-refractivity contribution in [3.05, 3.63) is 89.7 Å². The Balaban J connectivity index is 2.01. The molecule has 0 atom stereocenters. The molecule has 0 amide bonds. The van der Waals surface area contributed by atoms with Crippen molar-refractivity contribution in [1.29, 1.82) is 0 Å². The van der Waals surface area contributed by atoms with Crippen LogP contribution in [0.25, 0.3) is 28.2 Å². The van der Waals surface area contributed by atoms with E-state index < -0.39 is 15.8 Å². The Kier molecular flexibility index (Phi) is 4.96. The molecule has 8 heteroatoms. The third kappa shape index (κ3) is 3.80. The molecule has 0 fully saturated rings. The summed E-state index contributed by atoms with van der Waals surface area (Å²) in [5.41, 5.74) is 2.19. The van der Waals surface area contributed by atoms with Gasteiger partial charge in [0.1, 0.15) is 10.7 Å². The maximum absolute atomic E-state index is 14.6. The molecule has 4 aromatic rings. The van der Waals surface area contributed by atoms with Crippen molar-refractivity contribution < 1.29 is 12.8 Å². The first-order valence-corrected chi connectivity index (χ1v) is 10.5. The maximum atomic E-state index is 14.6. The number of benzene rings is 3. The van der Waals surface area contributed by atoms with Crippen LogP contribution in [0.3, 0.4) is 0 Å². The monoisotopic (exact) mass is 427 g/mol. The van der Waals surface area contributed by atoms with Gasteiger partial charge in [0.05, 0.1) is 17.1 Å². The lowest BCUT2D eigenvalue weighted by molar-refractivity contribution is 0.596. The van der Waals surface area contributed by atoms with Gasteiger partial charge in [0.2, 0.25) is 10.0 Å². The van der Waals surface area contributed by atoms with E-state index in [-0.39, 0.29) is 16.1 Å². The number of nitrogens with zero attached hydrogens (tertiary/aromatic N) is 2. The quantitative estimate of drug-likeness (QED) is 0.515. The van der Waals surface area contributed by atoms with Crippen LogP contribution in [0.15, 0.2) is 83.8 Å². The van der Waals surface area contributed by atoms with Crippen LogP contribution >= 0.6 is 11.6 Å². The number of rotatable bonds is 4. The summed E-state index contributed by atoms with van der Waals surface area (Å²) in [6.45, 7) is 0. The van der Waals surface area contributed by atoms with E-state index in [1.54, 1.807) is 66.7 Å². The number of para-hydroxylation sites is 1. The van der Waals surface area contributed by atoms with Gasteiger partial charge in [-0.2, -0.15) is 5.10 Å². The molecule has 2 N–H and O–H groups in total. The second kappa shape index (κ2) is 7.44. The van der Waals surface area contributed by atoms with E-state index >= 15 is 0 Å². The highest BCUT2D eigenvalue weighted by atomic mass is 35.5. The molecule has 3 aromatic carbocycles. The van der Waals surface area contributed by atoms with Crippen LogP contribution in [0.5, 0.6) is 0 Å². The molecule has 0 aliphatic carbocycles. The van der Waals surface area contributed by atoms with E-state index in [9.17, 15) is 12.8 Å². The Labute approximate surface area is 172 Å². The Bertz CT molecular complexity index is 1300. The zero-order chi connectivity index (χ0) is 20.6. The van der Waals surface area contributed by atoms with Crippen LogP contribution in [-0.2, 0) is 10.0 Å². The zero-order valence-electron chi connectivity index (χ0n) is 15.0. The fraction of sp³-hybridized carbons (Fsp3) is 0. The maximum Gasteiger partial charge on any atom is 0.240 e. The number of nitrogens with two attached hydrogens (primary N) is 1. The molecular formula is C21H15ClFN3O2S. The van der Waals surface area contributed by atoms with Crippen molar-refractivity contribution in [2.45, 2.75) is 4.90 Å². The van der Waals surface area contributed by atoms with Gasteiger partial charge in [0.25, 0.3) is 0 Å². The van der Waals surface area contributed by atoms with Crippen molar-refractivity contribution in [2.24, 2.45) is 5.14 Å². The number of sulfonamides is 1. The van der Waals surface area contributed by atoms with Crippen LogP contribution in [0.1, 0.15) is 0 Å². The summed E-state index contributed by atoms with van der Waals surface area (Å²) in [5.74, 6) is -0.454. The van der Waals surface area contributed by atoms with E-state index in [4.69, 9.17) is 16.7 Å². The van der Waals surface area contributed by atoms with Crippen LogP contribution in [0.4, 0.5) is 4.39 Å². The first-order chi connectivity index (χ1) is 13.8. The van der Waals surface area contributed by atoms with E-state index in [1.807, 2.05) is 0 Å². The highest BCUT2D eigenvalue weighted by Gasteiger charge is 2.21. The van der Waals surface area contributed by atoms with Crippen molar-refractivity contribution >= 4 is 21.6 Å².